The molecule has 0 saturated carbocycles. The summed E-state index contributed by atoms with van der Waals surface area (Å²) < 4.78 is 6.14. The summed E-state index contributed by atoms with van der Waals surface area (Å²) >= 11 is 0. The fourth-order valence-electron chi connectivity index (χ4n) is 5.26. The summed E-state index contributed by atoms with van der Waals surface area (Å²) in [7, 11) is 0. The van der Waals surface area contributed by atoms with E-state index in [0.717, 1.165) is 71.4 Å². The van der Waals surface area contributed by atoms with E-state index in [9.17, 15) is 0 Å². The maximum atomic E-state index is 6.14. The topological polar surface area (TPSA) is 106 Å². The minimum Gasteiger partial charge on any atom is -0.491 e. The lowest BCUT2D eigenvalue weighted by Crippen LogP contribution is -2.29. The van der Waals surface area contributed by atoms with E-state index in [1.54, 1.807) is 6.33 Å². The quantitative estimate of drug-likeness (QED) is 0.458. The van der Waals surface area contributed by atoms with E-state index < -0.39 is 0 Å². The Morgan fingerprint density at radius 3 is 2.97 bits per heavy atom. The van der Waals surface area contributed by atoms with Crippen LogP contribution < -0.4 is 15.4 Å². The van der Waals surface area contributed by atoms with E-state index in [0.29, 0.717) is 12.3 Å². The molecule has 35 heavy (non-hydrogen) atoms. The second kappa shape index (κ2) is 8.92. The summed E-state index contributed by atoms with van der Waals surface area (Å²) in [5.74, 6) is 3.47. The summed E-state index contributed by atoms with van der Waals surface area (Å²) in [4.78, 5) is 24.1. The summed E-state index contributed by atoms with van der Waals surface area (Å²) in [6.07, 6.45) is 8.13. The smallest absolute Gasteiger partial charge is 0.177 e. The molecular weight excluding hydrogens is 438 g/mol. The van der Waals surface area contributed by atoms with Crippen LogP contribution in [0.15, 0.2) is 36.8 Å². The number of ether oxygens (including phenoxy) is 1. The number of aromatic amines is 1. The van der Waals surface area contributed by atoms with E-state index in [1.165, 1.54) is 24.1 Å². The molecule has 180 valence electrons. The van der Waals surface area contributed by atoms with Crippen LogP contribution in [0, 0.1) is 5.92 Å². The van der Waals surface area contributed by atoms with Gasteiger partial charge in [-0.25, -0.2) is 19.9 Å². The van der Waals surface area contributed by atoms with Gasteiger partial charge in [0.2, 0.25) is 0 Å². The predicted octanol–water partition coefficient (Wildman–Crippen LogP) is 4.35. The Labute approximate surface area is 205 Å². The van der Waals surface area contributed by atoms with Crippen LogP contribution in [-0.2, 0) is 19.4 Å². The lowest BCUT2D eigenvalue weighted by molar-refractivity contribution is 0.331. The van der Waals surface area contributed by atoms with Crippen molar-refractivity contribution in [3.63, 3.8) is 0 Å². The van der Waals surface area contributed by atoms with Crippen LogP contribution in [0.2, 0.25) is 0 Å². The fraction of sp³-hybridized carbons (Fsp3) is 0.407. The van der Waals surface area contributed by atoms with Gasteiger partial charge in [0.25, 0.3) is 0 Å². The average Bonchev–Trinajstić information content (AvgIpc) is 3.20. The molecule has 0 bridgehead atoms. The number of anilines is 1. The summed E-state index contributed by atoms with van der Waals surface area (Å²) in [6, 6.07) is 8.30. The molecule has 2 aliphatic rings. The molecule has 4 heterocycles. The number of nitrogens with zero attached hydrogens (tertiary/aromatic N) is 5. The maximum absolute atomic E-state index is 6.14. The number of nitrogens with one attached hydrogen (secondary N) is 1. The number of fused-ring (bicyclic) bond motifs is 3. The van der Waals surface area contributed by atoms with Crippen LogP contribution in [0.4, 0.5) is 5.82 Å². The standard InChI is InChI=1S/C27H31N7O/c1-3-17-4-6-21-22(10-17)30-15-31-27(21)34-8-9-35-24-7-5-18(11-20(24)14-34)19-12-23-26(29-13-19)33-25(32-23)16(2)28/h5,7,11-13,15-17H,3-4,6,8-10,14,28H2,1-2H3,(H,29,32,33)/t16-,17+/m1/s1. The summed E-state index contributed by atoms with van der Waals surface area (Å²) in [5, 5.41) is 0. The minimum atomic E-state index is -0.163. The normalized spacial score (nSPS) is 18.5. The number of aromatic nitrogens is 5. The predicted molar refractivity (Wildman–Crippen MR) is 136 cm³/mol. The SMILES string of the molecule is CC[C@H]1CCc2c(ncnc2N2CCOc3ccc(-c4cnc5nc([C@@H](C)N)[nH]c5c4)cc3C2)C1. The molecule has 1 aliphatic heterocycles. The Morgan fingerprint density at radius 2 is 2.11 bits per heavy atom. The highest BCUT2D eigenvalue weighted by atomic mass is 16.5. The van der Waals surface area contributed by atoms with Gasteiger partial charge in [0.05, 0.1) is 18.1 Å². The molecule has 6 rings (SSSR count). The van der Waals surface area contributed by atoms with Crippen molar-refractivity contribution in [3.8, 4) is 16.9 Å². The van der Waals surface area contributed by atoms with Gasteiger partial charge in [-0.05, 0) is 55.9 Å². The molecule has 2 atom stereocenters. The monoisotopic (exact) mass is 469 g/mol. The number of hydrogen-bond donors (Lipinski definition) is 2. The Morgan fingerprint density at radius 1 is 1.20 bits per heavy atom. The minimum absolute atomic E-state index is 0.163. The van der Waals surface area contributed by atoms with Crippen LogP contribution in [0.1, 0.15) is 55.4 Å². The third kappa shape index (κ3) is 4.12. The Balaban J connectivity index is 1.32. The molecule has 1 aliphatic carbocycles. The largest absolute Gasteiger partial charge is 0.491 e. The molecule has 0 fully saturated rings. The summed E-state index contributed by atoms with van der Waals surface area (Å²) in [6.45, 7) is 6.36. The molecular formula is C27H31N7O. The zero-order valence-corrected chi connectivity index (χ0v) is 20.3. The van der Waals surface area contributed by atoms with Gasteiger partial charge in [0, 0.05) is 35.1 Å². The van der Waals surface area contributed by atoms with Crippen molar-refractivity contribution in [3.05, 3.63) is 59.4 Å². The Kier molecular flexibility index (Phi) is 5.60. The van der Waals surface area contributed by atoms with Crippen molar-refractivity contribution < 1.29 is 4.74 Å². The Hall–Kier alpha value is -3.52. The van der Waals surface area contributed by atoms with Crippen LogP contribution in [0.5, 0.6) is 5.75 Å². The van der Waals surface area contributed by atoms with Crippen LogP contribution in [0.25, 0.3) is 22.3 Å². The molecule has 0 amide bonds. The highest BCUT2D eigenvalue weighted by Gasteiger charge is 2.26. The second-order valence-electron chi connectivity index (χ2n) is 9.74. The highest BCUT2D eigenvalue weighted by Crippen LogP contribution is 2.35. The molecule has 8 heteroatoms. The van der Waals surface area contributed by atoms with Crippen LogP contribution in [-0.4, -0.2) is 38.1 Å². The van der Waals surface area contributed by atoms with Gasteiger partial charge in [0.15, 0.2) is 5.65 Å². The van der Waals surface area contributed by atoms with Gasteiger partial charge in [-0.1, -0.05) is 19.4 Å². The third-order valence-electron chi connectivity index (χ3n) is 7.33. The van der Waals surface area contributed by atoms with Crippen LogP contribution >= 0.6 is 0 Å². The van der Waals surface area contributed by atoms with Gasteiger partial charge in [-0.2, -0.15) is 0 Å². The van der Waals surface area contributed by atoms with Gasteiger partial charge in [0.1, 0.15) is 30.3 Å². The number of imidazole rings is 1. The first-order chi connectivity index (χ1) is 17.1. The van der Waals surface area contributed by atoms with Gasteiger partial charge >= 0.3 is 0 Å². The first-order valence-electron chi connectivity index (χ1n) is 12.5. The van der Waals surface area contributed by atoms with Crippen molar-refractivity contribution in [2.45, 2.75) is 52.1 Å². The lowest BCUT2D eigenvalue weighted by Gasteiger charge is -2.29. The van der Waals surface area contributed by atoms with E-state index in [4.69, 9.17) is 15.5 Å². The molecule has 0 radical (unpaired) electrons. The number of benzene rings is 1. The second-order valence-corrected chi connectivity index (χ2v) is 9.74. The van der Waals surface area contributed by atoms with Gasteiger partial charge in [-0.3, -0.25) is 0 Å². The van der Waals surface area contributed by atoms with Crippen molar-refractivity contribution in [2.24, 2.45) is 11.7 Å². The first kappa shape index (κ1) is 22.0. The maximum Gasteiger partial charge on any atom is 0.177 e. The first-order valence-corrected chi connectivity index (χ1v) is 12.5. The molecule has 3 N–H and O–H groups in total. The molecule has 0 spiro atoms. The van der Waals surface area contributed by atoms with Crippen LogP contribution in [0.3, 0.4) is 0 Å². The molecule has 1 aromatic carbocycles. The average molecular weight is 470 g/mol. The highest BCUT2D eigenvalue weighted by molar-refractivity contribution is 5.78. The van der Waals surface area contributed by atoms with Crippen molar-refractivity contribution >= 4 is 17.0 Å². The number of nitrogens with two attached hydrogens (primary N) is 1. The zero-order chi connectivity index (χ0) is 23.9. The third-order valence-corrected chi connectivity index (χ3v) is 7.33. The van der Waals surface area contributed by atoms with E-state index in [1.807, 2.05) is 13.1 Å². The molecule has 0 unspecified atom stereocenters. The van der Waals surface area contributed by atoms with Gasteiger partial charge in [-0.15, -0.1) is 0 Å². The summed E-state index contributed by atoms with van der Waals surface area (Å²) in [5.41, 5.74) is 13.4. The van der Waals surface area contributed by atoms with Crippen molar-refractivity contribution in [2.75, 3.05) is 18.1 Å². The number of rotatable bonds is 4. The molecule has 0 saturated heterocycles. The van der Waals surface area contributed by atoms with E-state index in [2.05, 4.69) is 56.0 Å². The molecule has 3 aromatic heterocycles. The van der Waals surface area contributed by atoms with E-state index >= 15 is 0 Å². The fourth-order valence-corrected chi connectivity index (χ4v) is 5.26. The zero-order valence-electron chi connectivity index (χ0n) is 20.3. The van der Waals surface area contributed by atoms with Gasteiger partial charge < -0.3 is 20.4 Å². The van der Waals surface area contributed by atoms with E-state index in [-0.39, 0.29) is 6.04 Å². The van der Waals surface area contributed by atoms with Crippen molar-refractivity contribution in [1.29, 1.82) is 0 Å². The lowest BCUT2D eigenvalue weighted by atomic mass is 9.85. The number of H-pyrrole nitrogens is 1. The molecule has 8 nitrogen and oxygen atoms in total. The number of pyridine rings is 1. The molecule has 4 aromatic rings. The Bertz CT molecular complexity index is 1380. The number of hydrogen-bond acceptors (Lipinski definition) is 7. The van der Waals surface area contributed by atoms with Crippen molar-refractivity contribution in [1.82, 2.24) is 24.9 Å².